The number of thiazole rings is 1. The molecule has 0 aliphatic carbocycles. The molecule has 5 aromatic rings. The number of carbonyl (C=O) groups is 2. The van der Waals surface area contributed by atoms with Crippen LogP contribution in [0.5, 0.6) is 0 Å². The normalized spacial score (nSPS) is 14.4. The molecule has 1 saturated heterocycles. The van der Waals surface area contributed by atoms with E-state index in [1.165, 1.54) is 16.9 Å². The molecular formula is C28H25N5O2S. The lowest BCUT2D eigenvalue weighted by Crippen LogP contribution is -2.37. The lowest BCUT2D eigenvalue weighted by atomic mass is 9.89. The Morgan fingerprint density at radius 3 is 2.61 bits per heavy atom. The molecule has 180 valence electrons. The maximum Gasteiger partial charge on any atom is 0.282 e. The molecule has 0 unspecified atom stereocenters. The second-order valence-corrected chi connectivity index (χ2v) is 10.1. The molecule has 8 heteroatoms. The van der Waals surface area contributed by atoms with Crippen molar-refractivity contribution in [3.8, 4) is 0 Å². The number of fused-ring (bicyclic) bond motifs is 2. The van der Waals surface area contributed by atoms with Crippen molar-refractivity contribution in [3.05, 3.63) is 101 Å². The molecule has 2 aromatic carbocycles. The quantitative estimate of drug-likeness (QED) is 0.376. The molecule has 0 bridgehead atoms. The van der Waals surface area contributed by atoms with Gasteiger partial charge in [0, 0.05) is 43.8 Å². The van der Waals surface area contributed by atoms with Gasteiger partial charge in [-0.3, -0.25) is 9.59 Å². The first-order chi connectivity index (χ1) is 17.6. The number of likely N-dealkylation sites (tertiary alicyclic amines) is 1. The maximum atomic E-state index is 13.0. The van der Waals surface area contributed by atoms with Crippen molar-refractivity contribution in [2.45, 2.75) is 25.3 Å². The highest BCUT2D eigenvalue weighted by Crippen LogP contribution is 2.30. The van der Waals surface area contributed by atoms with E-state index < -0.39 is 0 Å². The van der Waals surface area contributed by atoms with Crippen molar-refractivity contribution in [2.24, 2.45) is 0 Å². The van der Waals surface area contributed by atoms with Crippen molar-refractivity contribution in [2.75, 3.05) is 13.1 Å². The predicted octanol–water partition coefficient (Wildman–Crippen LogP) is 4.89. The molecule has 4 heterocycles. The van der Waals surface area contributed by atoms with Gasteiger partial charge in [0.2, 0.25) is 0 Å². The van der Waals surface area contributed by atoms with Gasteiger partial charge >= 0.3 is 0 Å². The van der Waals surface area contributed by atoms with Crippen molar-refractivity contribution >= 4 is 39.0 Å². The van der Waals surface area contributed by atoms with Gasteiger partial charge in [0.1, 0.15) is 5.65 Å². The Bertz CT molecular complexity index is 1510. The number of rotatable bonds is 5. The van der Waals surface area contributed by atoms with Gasteiger partial charge in [0.05, 0.1) is 10.2 Å². The molecule has 1 N–H and O–H groups in total. The molecule has 0 spiro atoms. The van der Waals surface area contributed by atoms with Crippen LogP contribution >= 0.6 is 11.3 Å². The van der Waals surface area contributed by atoms with Crippen LogP contribution < -0.4 is 5.32 Å². The lowest BCUT2D eigenvalue weighted by molar-refractivity contribution is 0.0712. The predicted molar refractivity (Wildman–Crippen MR) is 140 cm³/mol. The summed E-state index contributed by atoms with van der Waals surface area (Å²) >= 11 is 1.46. The highest BCUT2D eigenvalue weighted by Gasteiger charge is 2.26. The Kier molecular flexibility index (Phi) is 5.95. The zero-order valence-electron chi connectivity index (χ0n) is 19.6. The summed E-state index contributed by atoms with van der Waals surface area (Å²) in [4.78, 5) is 36.3. The fourth-order valence-electron chi connectivity index (χ4n) is 4.77. The number of aromatic nitrogens is 3. The van der Waals surface area contributed by atoms with Gasteiger partial charge in [0.25, 0.3) is 11.8 Å². The molecule has 0 saturated carbocycles. The van der Waals surface area contributed by atoms with E-state index in [0.29, 0.717) is 36.1 Å². The number of imidazole rings is 1. The van der Waals surface area contributed by atoms with Gasteiger partial charge < -0.3 is 14.6 Å². The maximum absolute atomic E-state index is 13.0. The van der Waals surface area contributed by atoms with Crippen LogP contribution in [0.4, 0.5) is 0 Å². The van der Waals surface area contributed by atoms with Crippen LogP contribution in [0.1, 0.15) is 50.0 Å². The monoisotopic (exact) mass is 495 g/mol. The Hall–Kier alpha value is -4.04. The standard InChI is InChI=1S/C28H25N5O2S/c34-26(30-18-19-9-13-32-16-12-29-25(32)17-19)22-7-5-20(6-8-22)21-10-14-33(15-11-21)28(35)27-31-23-3-1-2-4-24(23)36-27/h1-9,12-13,16-17,21H,10-11,14-15,18H2,(H,30,34). The van der Waals surface area contributed by atoms with E-state index in [0.717, 1.165) is 34.3 Å². The second kappa shape index (κ2) is 9.54. The number of nitrogens with one attached hydrogen (secondary N) is 1. The molecule has 1 fully saturated rings. The summed E-state index contributed by atoms with van der Waals surface area (Å²) in [5, 5.41) is 3.55. The van der Waals surface area contributed by atoms with E-state index in [2.05, 4.69) is 15.3 Å². The third kappa shape index (κ3) is 4.47. The van der Waals surface area contributed by atoms with Crippen LogP contribution in [0.15, 0.2) is 79.3 Å². The number of nitrogens with zero attached hydrogens (tertiary/aromatic N) is 4. The summed E-state index contributed by atoms with van der Waals surface area (Å²) in [7, 11) is 0. The van der Waals surface area contributed by atoms with Gasteiger partial charge in [-0.25, -0.2) is 9.97 Å². The minimum Gasteiger partial charge on any atom is -0.348 e. The molecule has 6 rings (SSSR count). The van der Waals surface area contributed by atoms with E-state index in [1.807, 2.05) is 82.4 Å². The summed E-state index contributed by atoms with van der Waals surface area (Å²) in [6.45, 7) is 1.87. The van der Waals surface area contributed by atoms with E-state index in [1.54, 1.807) is 6.20 Å². The van der Waals surface area contributed by atoms with E-state index >= 15 is 0 Å². The zero-order chi connectivity index (χ0) is 24.5. The van der Waals surface area contributed by atoms with Gasteiger partial charge in [-0.15, -0.1) is 11.3 Å². The fourth-order valence-corrected chi connectivity index (χ4v) is 5.70. The third-order valence-corrected chi connectivity index (χ3v) is 7.84. The Labute approximate surface area is 212 Å². The molecule has 3 aromatic heterocycles. The smallest absolute Gasteiger partial charge is 0.282 e. The van der Waals surface area contributed by atoms with Crippen LogP contribution in [0.25, 0.3) is 15.9 Å². The number of benzene rings is 2. The van der Waals surface area contributed by atoms with Crippen molar-refractivity contribution in [1.29, 1.82) is 0 Å². The lowest BCUT2D eigenvalue weighted by Gasteiger charge is -2.31. The van der Waals surface area contributed by atoms with Gasteiger partial charge in [-0.2, -0.15) is 0 Å². The average molecular weight is 496 g/mol. The first-order valence-corrected chi connectivity index (χ1v) is 12.9. The first kappa shape index (κ1) is 22.4. The van der Waals surface area contributed by atoms with Crippen LogP contribution in [0, 0.1) is 0 Å². The number of hydrogen-bond donors (Lipinski definition) is 1. The van der Waals surface area contributed by atoms with E-state index in [9.17, 15) is 9.59 Å². The molecule has 2 amide bonds. The van der Waals surface area contributed by atoms with Gasteiger partial charge in [-0.05, 0) is 66.3 Å². The van der Waals surface area contributed by atoms with Crippen LogP contribution in [0.2, 0.25) is 0 Å². The number of pyridine rings is 1. The van der Waals surface area contributed by atoms with Crippen molar-refractivity contribution < 1.29 is 9.59 Å². The molecule has 36 heavy (non-hydrogen) atoms. The van der Waals surface area contributed by atoms with Gasteiger partial charge in [-0.1, -0.05) is 24.3 Å². The summed E-state index contributed by atoms with van der Waals surface area (Å²) in [5.74, 6) is 0.303. The summed E-state index contributed by atoms with van der Waals surface area (Å²) in [5.41, 5.74) is 4.60. The second-order valence-electron chi connectivity index (χ2n) is 9.09. The minimum atomic E-state index is -0.0963. The van der Waals surface area contributed by atoms with Crippen LogP contribution in [0.3, 0.4) is 0 Å². The Morgan fingerprint density at radius 1 is 1.00 bits per heavy atom. The fraction of sp³-hybridized carbons (Fsp3) is 0.214. The Morgan fingerprint density at radius 2 is 1.81 bits per heavy atom. The number of piperidine rings is 1. The first-order valence-electron chi connectivity index (χ1n) is 12.1. The third-order valence-electron chi connectivity index (χ3n) is 6.82. The number of carbonyl (C=O) groups excluding carboxylic acids is 2. The van der Waals surface area contributed by atoms with Crippen molar-refractivity contribution in [1.82, 2.24) is 24.6 Å². The van der Waals surface area contributed by atoms with Crippen LogP contribution in [-0.4, -0.2) is 44.2 Å². The number of para-hydroxylation sites is 1. The summed E-state index contributed by atoms with van der Waals surface area (Å²) < 4.78 is 2.98. The Balaban J connectivity index is 1.04. The molecular weight excluding hydrogens is 470 g/mol. The number of amides is 2. The molecule has 1 aliphatic heterocycles. The highest BCUT2D eigenvalue weighted by atomic mass is 32.1. The topological polar surface area (TPSA) is 79.6 Å². The minimum absolute atomic E-state index is 0.0218. The van der Waals surface area contributed by atoms with E-state index in [4.69, 9.17) is 0 Å². The summed E-state index contributed by atoms with van der Waals surface area (Å²) in [6, 6.07) is 19.7. The number of hydrogen-bond acceptors (Lipinski definition) is 5. The molecule has 0 atom stereocenters. The molecule has 0 radical (unpaired) electrons. The van der Waals surface area contributed by atoms with Crippen LogP contribution in [-0.2, 0) is 6.54 Å². The van der Waals surface area contributed by atoms with Gasteiger partial charge in [0.15, 0.2) is 5.01 Å². The van der Waals surface area contributed by atoms with Crippen molar-refractivity contribution in [3.63, 3.8) is 0 Å². The average Bonchev–Trinajstić information content (AvgIpc) is 3.58. The highest BCUT2D eigenvalue weighted by molar-refractivity contribution is 7.20. The summed E-state index contributed by atoms with van der Waals surface area (Å²) in [6.07, 6.45) is 7.39. The van der Waals surface area contributed by atoms with E-state index in [-0.39, 0.29) is 11.8 Å². The largest absolute Gasteiger partial charge is 0.348 e. The SMILES string of the molecule is O=C(NCc1ccn2ccnc2c1)c1ccc(C2CCN(C(=O)c3nc4ccccc4s3)CC2)cc1. The molecule has 7 nitrogen and oxygen atoms in total. The zero-order valence-corrected chi connectivity index (χ0v) is 20.4. The molecule has 1 aliphatic rings.